The monoisotopic (exact) mass is 565 g/mol. The average molecular weight is 566 g/mol. The molecule has 0 aliphatic heterocycles. The number of pyridine rings is 3. The minimum Gasteiger partial charge on any atom is -0.478 e. The highest BCUT2D eigenvalue weighted by Crippen LogP contribution is 2.24. The molecule has 198 valence electrons. The molecule has 7 nitrogen and oxygen atoms in total. The number of nitrogens with zero attached hydrogens (tertiary/aromatic N) is 2. The fourth-order valence-corrected chi connectivity index (χ4v) is 5.89. The van der Waals surface area contributed by atoms with E-state index >= 15 is 0 Å². The molecule has 0 spiro atoms. The van der Waals surface area contributed by atoms with E-state index in [-0.39, 0.29) is 16.7 Å². The molecule has 0 bridgehead atoms. The zero-order valence-corrected chi connectivity index (χ0v) is 23.0. The summed E-state index contributed by atoms with van der Waals surface area (Å²) in [5.74, 6) is 5.40. The summed E-state index contributed by atoms with van der Waals surface area (Å²) in [5.41, 5.74) is 3.63. The van der Waals surface area contributed by atoms with E-state index in [4.69, 9.17) is 5.11 Å². The van der Waals surface area contributed by atoms with Gasteiger partial charge in [-0.25, -0.2) is 4.79 Å². The fraction of sp³-hybridized carbons (Fsp3) is 0.0968. The second-order valence-corrected chi connectivity index (χ2v) is 10.7. The molecular weight excluding hydrogens is 542 g/mol. The van der Waals surface area contributed by atoms with Gasteiger partial charge >= 0.3 is 5.97 Å². The average Bonchev–Trinajstić information content (AvgIpc) is 3.66. The van der Waals surface area contributed by atoms with Crippen LogP contribution in [0.5, 0.6) is 0 Å². The first kappa shape index (κ1) is 26.8. The normalized spacial score (nSPS) is 10.5. The standard InChI is InChI=1S/C24H18N2O3S.C7H5NOS/c1-16-21(6-2-4-17-5-3-12-25-14-17)26(23(27)20-11-13-30-22(16)20)15-18-7-9-19(10-8-18)24(28)29;9-7-5-2-4-10-6(5)1-3-8-7/h3,5,7-14H,4,15H2,1H3,(H,28,29);1-4H,(H,8,9). The Morgan fingerprint density at radius 1 is 1.00 bits per heavy atom. The smallest absolute Gasteiger partial charge is 0.335 e. The molecule has 0 aliphatic rings. The quantitative estimate of drug-likeness (QED) is 0.267. The summed E-state index contributed by atoms with van der Waals surface area (Å²) in [6.07, 6.45) is 5.71. The van der Waals surface area contributed by atoms with Crippen LogP contribution in [-0.2, 0) is 13.0 Å². The number of aromatic nitrogens is 3. The van der Waals surface area contributed by atoms with E-state index in [9.17, 15) is 14.4 Å². The maximum absolute atomic E-state index is 13.2. The highest BCUT2D eigenvalue weighted by Gasteiger charge is 2.14. The Balaban J connectivity index is 0.000000269. The molecule has 0 saturated heterocycles. The highest BCUT2D eigenvalue weighted by atomic mass is 32.1. The van der Waals surface area contributed by atoms with Crippen molar-refractivity contribution >= 4 is 48.8 Å². The number of aromatic carboxylic acids is 1. The van der Waals surface area contributed by atoms with Gasteiger partial charge in [-0.15, -0.1) is 22.7 Å². The van der Waals surface area contributed by atoms with Crippen LogP contribution in [0.3, 0.4) is 0 Å². The van der Waals surface area contributed by atoms with Crippen molar-refractivity contribution in [2.45, 2.75) is 19.9 Å². The number of carbonyl (C=O) groups is 1. The van der Waals surface area contributed by atoms with Gasteiger partial charge in [0, 0.05) is 34.4 Å². The van der Waals surface area contributed by atoms with Crippen LogP contribution in [-0.4, -0.2) is 25.6 Å². The topological polar surface area (TPSA) is 105 Å². The maximum Gasteiger partial charge on any atom is 0.335 e. The van der Waals surface area contributed by atoms with E-state index in [1.807, 2.05) is 48.0 Å². The lowest BCUT2D eigenvalue weighted by atomic mass is 10.1. The molecule has 0 fully saturated rings. The van der Waals surface area contributed by atoms with Crippen LogP contribution in [0.25, 0.3) is 20.2 Å². The van der Waals surface area contributed by atoms with Gasteiger partial charge in [-0.05, 0) is 76.7 Å². The molecule has 0 aliphatic carbocycles. The number of aryl methyl sites for hydroxylation is 1. The van der Waals surface area contributed by atoms with E-state index < -0.39 is 5.97 Å². The van der Waals surface area contributed by atoms with Gasteiger partial charge in [-0.1, -0.05) is 24.1 Å². The van der Waals surface area contributed by atoms with E-state index in [1.54, 1.807) is 58.8 Å². The van der Waals surface area contributed by atoms with E-state index in [1.165, 1.54) is 11.3 Å². The molecule has 6 rings (SSSR count). The lowest BCUT2D eigenvalue weighted by molar-refractivity contribution is 0.0697. The van der Waals surface area contributed by atoms with E-state index in [2.05, 4.69) is 21.8 Å². The largest absolute Gasteiger partial charge is 0.478 e. The molecule has 9 heteroatoms. The number of thiophene rings is 2. The van der Waals surface area contributed by atoms with Crippen molar-refractivity contribution in [3.05, 3.63) is 133 Å². The van der Waals surface area contributed by atoms with Crippen molar-refractivity contribution < 1.29 is 9.90 Å². The van der Waals surface area contributed by atoms with Crippen LogP contribution in [0.1, 0.15) is 32.7 Å². The Morgan fingerprint density at radius 2 is 1.77 bits per heavy atom. The van der Waals surface area contributed by atoms with Gasteiger partial charge in [0.1, 0.15) is 0 Å². The van der Waals surface area contributed by atoms with Crippen LogP contribution in [0, 0.1) is 18.8 Å². The number of fused-ring (bicyclic) bond motifs is 2. The Morgan fingerprint density at radius 3 is 2.50 bits per heavy atom. The summed E-state index contributed by atoms with van der Waals surface area (Å²) < 4.78 is 3.67. The SMILES string of the molecule is Cc1c(C#CCc2cccnc2)n(Cc2ccc(C(=O)O)cc2)c(=O)c2ccsc12.O=c1[nH]ccc2sccc12. The van der Waals surface area contributed by atoms with E-state index in [0.717, 1.165) is 31.5 Å². The first-order valence-electron chi connectivity index (χ1n) is 12.3. The Bertz CT molecular complexity index is 1990. The molecule has 0 radical (unpaired) electrons. The molecule has 5 aromatic heterocycles. The summed E-state index contributed by atoms with van der Waals surface area (Å²) in [6, 6.07) is 16.0. The van der Waals surface area contributed by atoms with Crippen LogP contribution in [0.2, 0.25) is 0 Å². The van der Waals surface area contributed by atoms with Gasteiger partial charge in [0.2, 0.25) is 0 Å². The molecule has 0 unspecified atom stereocenters. The molecule has 0 amide bonds. The van der Waals surface area contributed by atoms with Crippen molar-refractivity contribution in [1.29, 1.82) is 0 Å². The Hall–Kier alpha value is -4.78. The first-order chi connectivity index (χ1) is 19.4. The summed E-state index contributed by atoms with van der Waals surface area (Å²) in [5, 5.41) is 14.4. The van der Waals surface area contributed by atoms with Crippen LogP contribution < -0.4 is 11.1 Å². The maximum atomic E-state index is 13.2. The highest BCUT2D eigenvalue weighted by molar-refractivity contribution is 7.17. The van der Waals surface area contributed by atoms with Crippen LogP contribution in [0.4, 0.5) is 0 Å². The van der Waals surface area contributed by atoms with Gasteiger partial charge in [-0.3, -0.25) is 19.1 Å². The first-order valence-corrected chi connectivity index (χ1v) is 14.0. The Kier molecular flexibility index (Phi) is 8.01. The number of H-pyrrole nitrogens is 1. The third kappa shape index (κ3) is 5.78. The number of benzene rings is 1. The second-order valence-electron chi connectivity index (χ2n) is 8.88. The van der Waals surface area contributed by atoms with Gasteiger partial charge in [0.05, 0.1) is 28.6 Å². The minimum atomic E-state index is -0.976. The Labute approximate surface area is 237 Å². The predicted octanol–water partition coefficient (Wildman–Crippen LogP) is 5.70. The number of aromatic amines is 1. The number of carboxylic acids is 1. The number of carboxylic acid groups (broad SMARTS) is 1. The summed E-state index contributed by atoms with van der Waals surface area (Å²) in [7, 11) is 0. The van der Waals surface area contributed by atoms with Gasteiger partial charge in [-0.2, -0.15) is 0 Å². The molecule has 0 saturated carbocycles. The van der Waals surface area contributed by atoms with Crippen molar-refractivity contribution in [2.24, 2.45) is 0 Å². The number of nitrogens with one attached hydrogen (secondary N) is 1. The molecule has 0 atom stereocenters. The molecule has 40 heavy (non-hydrogen) atoms. The third-order valence-corrected chi connectivity index (χ3v) is 8.18. The zero-order valence-electron chi connectivity index (χ0n) is 21.4. The summed E-state index contributed by atoms with van der Waals surface area (Å²) in [4.78, 5) is 42.0. The number of rotatable bonds is 4. The lowest BCUT2D eigenvalue weighted by Gasteiger charge is -2.13. The molecular formula is C31H23N3O4S2. The minimum absolute atomic E-state index is 0.00116. The number of hydrogen-bond acceptors (Lipinski definition) is 6. The molecule has 6 aromatic rings. The van der Waals surface area contributed by atoms with Gasteiger partial charge < -0.3 is 10.1 Å². The fourth-order valence-electron chi connectivity index (χ4n) is 4.21. The zero-order chi connectivity index (χ0) is 28.1. The molecule has 2 N–H and O–H groups in total. The number of hydrogen-bond donors (Lipinski definition) is 2. The third-order valence-electron chi connectivity index (χ3n) is 6.26. The molecule has 1 aromatic carbocycles. The van der Waals surface area contributed by atoms with Gasteiger partial charge in [0.15, 0.2) is 0 Å². The van der Waals surface area contributed by atoms with Crippen molar-refractivity contribution in [3.8, 4) is 11.8 Å². The molecule has 5 heterocycles. The van der Waals surface area contributed by atoms with Crippen molar-refractivity contribution in [3.63, 3.8) is 0 Å². The lowest BCUT2D eigenvalue weighted by Crippen LogP contribution is -2.24. The van der Waals surface area contributed by atoms with Crippen LogP contribution >= 0.6 is 22.7 Å². The van der Waals surface area contributed by atoms with Crippen LogP contribution in [0.15, 0.2) is 93.5 Å². The van der Waals surface area contributed by atoms with Crippen molar-refractivity contribution in [2.75, 3.05) is 0 Å². The predicted molar refractivity (Wildman–Crippen MR) is 161 cm³/mol. The van der Waals surface area contributed by atoms with Crippen molar-refractivity contribution in [1.82, 2.24) is 14.5 Å². The second kappa shape index (κ2) is 11.9. The summed E-state index contributed by atoms with van der Waals surface area (Å²) >= 11 is 3.12. The van der Waals surface area contributed by atoms with E-state index in [0.29, 0.717) is 24.0 Å². The van der Waals surface area contributed by atoms with Gasteiger partial charge in [0.25, 0.3) is 11.1 Å². The summed E-state index contributed by atoms with van der Waals surface area (Å²) in [6.45, 7) is 2.30.